The minimum Gasteiger partial charge on any atom is -0.481 e. The summed E-state index contributed by atoms with van der Waals surface area (Å²) in [6, 6.07) is 10.7. The number of benzene rings is 2. The first-order valence-electron chi connectivity index (χ1n) is 6.46. The smallest absolute Gasteiger partial charge is 0.312 e. The summed E-state index contributed by atoms with van der Waals surface area (Å²) in [5, 5.41) is 11.9. The number of carboxylic acid groups (broad SMARTS) is 1. The lowest BCUT2D eigenvalue weighted by molar-refractivity contribution is -0.138. The molecule has 5 heteroatoms. The topological polar surface area (TPSA) is 49.3 Å². The number of aryl methyl sites for hydroxylation is 1. The number of halogens is 2. The molecule has 21 heavy (non-hydrogen) atoms. The molecule has 0 aliphatic heterocycles. The lowest BCUT2D eigenvalue weighted by Gasteiger charge is -2.15. The maximum Gasteiger partial charge on any atom is 0.312 e. The Morgan fingerprint density at radius 3 is 2.48 bits per heavy atom. The quantitative estimate of drug-likeness (QED) is 0.885. The highest BCUT2D eigenvalue weighted by Crippen LogP contribution is 2.21. The van der Waals surface area contributed by atoms with Crippen LogP contribution in [-0.4, -0.2) is 17.6 Å². The van der Waals surface area contributed by atoms with Crippen molar-refractivity contribution in [3.05, 3.63) is 65.2 Å². The average Bonchev–Trinajstić information content (AvgIpc) is 2.45. The van der Waals surface area contributed by atoms with Crippen molar-refractivity contribution >= 4 is 11.7 Å². The molecule has 0 saturated carbocycles. The van der Waals surface area contributed by atoms with Crippen LogP contribution in [0.4, 0.5) is 14.5 Å². The van der Waals surface area contributed by atoms with E-state index in [-0.39, 0.29) is 17.8 Å². The van der Waals surface area contributed by atoms with E-state index >= 15 is 0 Å². The number of hydrogen-bond donors (Lipinski definition) is 2. The Bertz CT molecular complexity index is 644. The third kappa shape index (κ3) is 3.56. The fourth-order valence-corrected chi connectivity index (χ4v) is 2.03. The number of carbonyl (C=O) groups is 1. The van der Waals surface area contributed by atoms with Gasteiger partial charge >= 0.3 is 5.97 Å². The molecule has 0 radical (unpaired) electrons. The SMILES string of the molecule is Cc1cc(F)c(NCC(C(=O)O)c2ccccc2)cc1F. The van der Waals surface area contributed by atoms with E-state index in [9.17, 15) is 18.7 Å². The number of nitrogens with one attached hydrogen (secondary N) is 1. The monoisotopic (exact) mass is 291 g/mol. The summed E-state index contributed by atoms with van der Waals surface area (Å²) in [7, 11) is 0. The molecule has 1 atom stereocenters. The Morgan fingerprint density at radius 1 is 1.19 bits per heavy atom. The van der Waals surface area contributed by atoms with Crippen LogP contribution in [0.3, 0.4) is 0 Å². The first kappa shape index (κ1) is 15.0. The van der Waals surface area contributed by atoms with E-state index in [1.165, 1.54) is 6.92 Å². The molecule has 2 aromatic rings. The Labute approximate surface area is 121 Å². The number of rotatable bonds is 5. The van der Waals surface area contributed by atoms with Crippen molar-refractivity contribution in [1.29, 1.82) is 0 Å². The third-order valence-corrected chi connectivity index (χ3v) is 3.24. The van der Waals surface area contributed by atoms with Gasteiger partial charge in [-0.25, -0.2) is 8.78 Å². The van der Waals surface area contributed by atoms with Crippen molar-refractivity contribution in [3.63, 3.8) is 0 Å². The number of hydrogen-bond acceptors (Lipinski definition) is 2. The summed E-state index contributed by atoms with van der Waals surface area (Å²) in [5.74, 6) is -3.01. The highest BCUT2D eigenvalue weighted by atomic mass is 19.1. The predicted molar refractivity (Wildman–Crippen MR) is 76.4 cm³/mol. The molecule has 0 aliphatic rings. The van der Waals surface area contributed by atoms with Gasteiger partial charge in [0.15, 0.2) is 0 Å². The number of carboxylic acids is 1. The molecular weight excluding hydrogens is 276 g/mol. The second kappa shape index (κ2) is 6.35. The van der Waals surface area contributed by atoms with Gasteiger partial charge in [-0.2, -0.15) is 0 Å². The minimum absolute atomic E-state index is 0.0290. The van der Waals surface area contributed by atoms with E-state index in [0.29, 0.717) is 5.56 Å². The fraction of sp³-hybridized carbons (Fsp3) is 0.188. The molecular formula is C16H15F2NO2. The van der Waals surface area contributed by atoms with Gasteiger partial charge in [0.25, 0.3) is 0 Å². The highest BCUT2D eigenvalue weighted by molar-refractivity contribution is 5.77. The van der Waals surface area contributed by atoms with Gasteiger partial charge in [0, 0.05) is 12.6 Å². The van der Waals surface area contributed by atoms with E-state index in [0.717, 1.165) is 12.1 Å². The normalized spacial score (nSPS) is 12.0. The summed E-state index contributed by atoms with van der Waals surface area (Å²) >= 11 is 0. The van der Waals surface area contributed by atoms with Gasteiger partial charge in [0.2, 0.25) is 0 Å². The summed E-state index contributed by atoms with van der Waals surface area (Å²) in [6.45, 7) is 1.44. The first-order valence-corrected chi connectivity index (χ1v) is 6.46. The Kier molecular flexibility index (Phi) is 4.52. The second-order valence-corrected chi connectivity index (χ2v) is 4.76. The van der Waals surface area contributed by atoms with Gasteiger partial charge in [0.1, 0.15) is 11.6 Å². The van der Waals surface area contributed by atoms with Crippen LogP contribution >= 0.6 is 0 Å². The molecule has 2 rings (SSSR count). The molecule has 3 nitrogen and oxygen atoms in total. The van der Waals surface area contributed by atoms with E-state index < -0.39 is 23.5 Å². The van der Waals surface area contributed by atoms with Crippen molar-refractivity contribution in [3.8, 4) is 0 Å². The predicted octanol–water partition coefficient (Wildman–Crippen LogP) is 3.55. The molecule has 0 saturated heterocycles. The van der Waals surface area contributed by atoms with Gasteiger partial charge < -0.3 is 10.4 Å². The van der Waals surface area contributed by atoms with Crippen LogP contribution < -0.4 is 5.32 Å². The molecule has 0 spiro atoms. The van der Waals surface area contributed by atoms with Gasteiger partial charge in [-0.05, 0) is 24.1 Å². The number of anilines is 1. The standard InChI is InChI=1S/C16H15F2NO2/c1-10-7-14(18)15(8-13(10)17)19-9-12(16(20)21)11-5-3-2-4-6-11/h2-8,12,19H,9H2,1H3,(H,20,21). The maximum atomic E-state index is 13.7. The van der Waals surface area contributed by atoms with Crippen LogP contribution in [0.2, 0.25) is 0 Å². The zero-order valence-electron chi connectivity index (χ0n) is 11.4. The van der Waals surface area contributed by atoms with Crippen LogP contribution in [0.5, 0.6) is 0 Å². The van der Waals surface area contributed by atoms with Crippen LogP contribution in [0, 0.1) is 18.6 Å². The molecule has 1 unspecified atom stereocenters. The Morgan fingerprint density at radius 2 is 1.86 bits per heavy atom. The summed E-state index contributed by atoms with van der Waals surface area (Å²) in [6.07, 6.45) is 0. The fourth-order valence-electron chi connectivity index (χ4n) is 2.03. The molecule has 0 amide bonds. The third-order valence-electron chi connectivity index (χ3n) is 3.24. The maximum absolute atomic E-state index is 13.7. The molecule has 0 fully saturated rings. The molecule has 0 aromatic heterocycles. The Hall–Kier alpha value is -2.43. The van der Waals surface area contributed by atoms with Crippen molar-refractivity contribution in [2.75, 3.05) is 11.9 Å². The molecule has 2 aromatic carbocycles. The highest BCUT2D eigenvalue weighted by Gasteiger charge is 2.20. The van der Waals surface area contributed by atoms with Crippen LogP contribution in [0.1, 0.15) is 17.0 Å². The minimum atomic E-state index is -1.03. The van der Waals surface area contributed by atoms with Crippen LogP contribution in [-0.2, 0) is 4.79 Å². The molecule has 0 bridgehead atoms. The van der Waals surface area contributed by atoms with E-state index in [1.807, 2.05) is 0 Å². The lowest BCUT2D eigenvalue weighted by Crippen LogP contribution is -2.21. The number of aliphatic carboxylic acids is 1. The Balaban J connectivity index is 2.17. The first-order chi connectivity index (χ1) is 9.99. The summed E-state index contributed by atoms with van der Waals surface area (Å²) in [4.78, 5) is 11.3. The van der Waals surface area contributed by atoms with Crippen molar-refractivity contribution < 1.29 is 18.7 Å². The van der Waals surface area contributed by atoms with Gasteiger partial charge in [-0.15, -0.1) is 0 Å². The average molecular weight is 291 g/mol. The van der Waals surface area contributed by atoms with E-state index in [1.54, 1.807) is 30.3 Å². The van der Waals surface area contributed by atoms with Crippen molar-refractivity contribution in [2.45, 2.75) is 12.8 Å². The second-order valence-electron chi connectivity index (χ2n) is 4.76. The van der Waals surface area contributed by atoms with Crippen molar-refractivity contribution in [1.82, 2.24) is 0 Å². The summed E-state index contributed by atoms with van der Waals surface area (Å²) in [5.41, 5.74) is 0.765. The van der Waals surface area contributed by atoms with Crippen LogP contribution in [0.15, 0.2) is 42.5 Å². The largest absolute Gasteiger partial charge is 0.481 e. The lowest BCUT2D eigenvalue weighted by atomic mass is 9.99. The van der Waals surface area contributed by atoms with E-state index in [2.05, 4.69) is 5.32 Å². The van der Waals surface area contributed by atoms with E-state index in [4.69, 9.17) is 0 Å². The van der Waals surface area contributed by atoms with Gasteiger partial charge in [-0.3, -0.25) is 4.79 Å². The molecule has 0 heterocycles. The summed E-state index contributed by atoms with van der Waals surface area (Å²) < 4.78 is 27.2. The van der Waals surface area contributed by atoms with Crippen LogP contribution in [0.25, 0.3) is 0 Å². The molecule has 0 aliphatic carbocycles. The molecule has 110 valence electrons. The van der Waals surface area contributed by atoms with Gasteiger partial charge in [0.05, 0.1) is 11.6 Å². The van der Waals surface area contributed by atoms with Crippen molar-refractivity contribution in [2.24, 2.45) is 0 Å². The zero-order chi connectivity index (χ0) is 15.4. The zero-order valence-corrected chi connectivity index (χ0v) is 11.4. The van der Waals surface area contributed by atoms with Gasteiger partial charge in [-0.1, -0.05) is 30.3 Å². The molecule has 2 N–H and O–H groups in total.